The number of nitrogens with zero attached hydrogens (tertiary/aromatic N) is 1. The summed E-state index contributed by atoms with van der Waals surface area (Å²) in [5.74, 6) is 0. The zero-order valence-corrected chi connectivity index (χ0v) is 18.6. The first-order chi connectivity index (χ1) is 14.9. The van der Waals surface area contributed by atoms with Gasteiger partial charge in [0.25, 0.3) is 0 Å². The Morgan fingerprint density at radius 2 is 1.10 bits per heavy atom. The molecule has 0 spiro atoms. The van der Waals surface area contributed by atoms with Crippen LogP contribution < -0.4 is 4.90 Å². The van der Waals surface area contributed by atoms with Gasteiger partial charge in [-0.3, -0.25) is 0 Å². The summed E-state index contributed by atoms with van der Waals surface area (Å²) in [6.07, 6.45) is 0. The first-order valence-electron chi connectivity index (χ1n) is 11.1. The molecule has 0 amide bonds. The van der Waals surface area contributed by atoms with Crippen LogP contribution in [0.25, 0.3) is 11.1 Å². The molecule has 0 saturated heterocycles. The van der Waals surface area contributed by atoms with Crippen molar-refractivity contribution >= 4 is 17.1 Å². The molecule has 2 aliphatic rings. The van der Waals surface area contributed by atoms with E-state index in [-0.39, 0.29) is 10.8 Å². The molecule has 0 N–H and O–H groups in total. The van der Waals surface area contributed by atoms with Crippen LogP contribution in [0.15, 0.2) is 91.0 Å². The molecule has 0 atom stereocenters. The van der Waals surface area contributed by atoms with E-state index in [1.807, 2.05) is 0 Å². The van der Waals surface area contributed by atoms with E-state index in [4.69, 9.17) is 0 Å². The predicted molar refractivity (Wildman–Crippen MR) is 131 cm³/mol. The molecule has 6 rings (SSSR count). The molecule has 1 aliphatic heterocycles. The Morgan fingerprint density at radius 3 is 1.87 bits per heavy atom. The van der Waals surface area contributed by atoms with Crippen LogP contribution in [0.1, 0.15) is 49.9 Å². The van der Waals surface area contributed by atoms with Crippen molar-refractivity contribution in [2.45, 2.75) is 38.5 Å². The van der Waals surface area contributed by atoms with E-state index in [2.05, 4.69) is 124 Å². The summed E-state index contributed by atoms with van der Waals surface area (Å²) in [6.45, 7) is 9.45. The maximum absolute atomic E-state index is 2.48. The van der Waals surface area contributed by atoms with Gasteiger partial charge >= 0.3 is 0 Å². The Hall–Kier alpha value is -3.32. The van der Waals surface area contributed by atoms with Gasteiger partial charge in [-0.25, -0.2) is 0 Å². The third-order valence-electron chi connectivity index (χ3n) is 7.45. The summed E-state index contributed by atoms with van der Waals surface area (Å²) < 4.78 is 0. The van der Waals surface area contributed by atoms with Crippen molar-refractivity contribution in [3.05, 3.63) is 113 Å². The number of benzene rings is 4. The van der Waals surface area contributed by atoms with Crippen LogP contribution in [-0.4, -0.2) is 0 Å². The number of anilines is 3. The van der Waals surface area contributed by atoms with Crippen LogP contribution in [0, 0.1) is 0 Å². The number of rotatable bonds is 1. The lowest BCUT2D eigenvalue weighted by Gasteiger charge is -2.42. The highest BCUT2D eigenvalue weighted by Gasteiger charge is 2.41. The van der Waals surface area contributed by atoms with Crippen molar-refractivity contribution in [3.8, 4) is 11.1 Å². The minimum absolute atomic E-state index is 0.00950. The van der Waals surface area contributed by atoms with Gasteiger partial charge in [-0.05, 0) is 63.7 Å². The summed E-state index contributed by atoms with van der Waals surface area (Å²) in [7, 11) is 0. The van der Waals surface area contributed by atoms with Crippen LogP contribution in [0.5, 0.6) is 0 Å². The standard InChI is InChI=1S/C30H27N/c1-29(2)23-15-9-8-14-21(23)22-18-26-28(19-25(22)29)31(20-12-6-5-7-13-20)27-17-11-10-16-24(27)30(26,3)4/h5-19H,1-4H3. The number of para-hydroxylation sites is 2. The van der Waals surface area contributed by atoms with E-state index in [0.717, 1.165) is 0 Å². The SMILES string of the molecule is CC1(C)c2ccccc2-c2cc3c(cc21)N(c1ccccc1)c1ccccc1C3(C)C. The molecular weight excluding hydrogens is 374 g/mol. The number of hydrogen-bond donors (Lipinski definition) is 0. The highest BCUT2D eigenvalue weighted by molar-refractivity contribution is 5.91. The molecule has 0 bridgehead atoms. The molecule has 1 heterocycles. The summed E-state index contributed by atoms with van der Waals surface area (Å²) >= 11 is 0. The minimum atomic E-state index is -0.0755. The molecule has 1 aliphatic carbocycles. The van der Waals surface area contributed by atoms with Crippen molar-refractivity contribution in [2.75, 3.05) is 4.90 Å². The fourth-order valence-corrected chi connectivity index (χ4v) is 5.75. The second-order valence-electron chi connectivity index (χ2n) is 9.90. The summed E-state index contributed by atoms with van der Waals surface area (Å²) in [5, 5.41) is 0. The Kier molecular flexibility index (Phi) is 3.63. The van der Waals surface area contributed by atoms with Gasteiger partial charge in [0.15, 0.2) is 0 Å². The lowest BCUT2D eigenvalue weighted by atomic mass is 9.72. The van der Waals surface area contributed by atoms with Crippen LogP contribution in [0.2, 0.25) is 0 Å². The molecule has 1 nitrogen and oxygen atoms in total. The first-order valence-corrected chi connectivity index (χ1v) is 11.1. The average molecular weight is 402 g/mol. The van der Waals surface area contributed by atoms with Gasteiger partial charge in [-0.1, -0.05) is 88.4 Å². The molecule has 1 heteroatoms. The minimum Gasteiger partial charge on any atom is -0.310 e. The molecule has 152 valence electrons. The fraction of sp³-hybridized carbons (Fsp3) is 0.200. The molecule has 0 aromatic heterocycles. The summed E-state index contributed by atoms with van der Waals surface area (Å²) in [4.78, 5) is 2.45. The fourth-order valence-electron chi connectivity index (χ4n) is 5.75. The molecule has 0 unspecified atom stereocenters. The van der Waals surface area contributed by atoms with Crippen molar-refractivity contribution < 1.29 is 0 Å². The van der Waals surface area contributed by atoms with Crippen molar-refractivity contribution in [1.29, 1.82) is 0 Å². The Bertz CT molecular complexity index is 1330. The third-order valence-corrected chi connectivity index (χ3v) is 7.45. The van der Waals surface area contributed by atoms with Gasteiger partial charge in [0.05, 0.1) is 11.4 Å². The van der Waals surface area contributed by atoms with Gasteiger partial charge in [0.2, 0.25) is 0 Å². The summed E-state index contributed by atoms with van der Waals surface area (Å²) in [6, 6.07) is 33.5. The van der Waals surface area contributed by atoms with Crippen LogP contribution in [-0.2, 0) is 10.8 Å². The second kappa shape index (κ2) is 6.11. The van der Waals surface area contributed by atoms with Gasteiger partial charge in [0, 0.05) is 16.5 Å². The number of hydrogen-bond acceptors (Lipinski definition) is 1. The average Bonchev–Trinajstić information content (AvgIpc) is 3.01. The van der Waals surface area contributed by atoms with E-state index < -0.39 is 0 Å². The topological polar surface area (TPSA) is 3.24 Å². The van der Waals surface area contributed by atoms with Gasteiger partial charge in [0.1, 0.15) is 0 Å². The normalized spacial score (nSPS) is 16.8. The maximum Gasteiger partial charge on any atom is 0.0506 e. The van der Waals surface area contributed by atoms with Crippen molar-refractivity contribution in [3.63, 3.8) is 0 Å². The molecule has 4 aromatic carbocycles. The van der Waals surface area contributed by atoms with Gasteiger partial charge in [-0.2, -0.15) is 0 Å². The van der Waals surface area contributed by atoms with Crippen LogP contribution in [0.3, 0.4) is 0 Å². The zero-order chi connectivity index (χ0) is 21.4. The van der Waals surface area contributed by atoms with Crippen molar-refractivity contribution in [2.24, 2.45) is 0 Å². The Labute approximate surface area is 185 Å². The zero-order valence-electron chi connectivity index (χ0n) is 18.6. The quantitative estimate of drug-likeness (QED) is 0.311. The smallest absolute Gasteiger partial charge is 0.0506 e. The van der Waals surface area contributed by atoms with Crippen LogP contribution >= 0.6 is 0 Å². The van der Waals surface area contributed by atoms with Crippen molar-refractivity contribution in [1.82, 2.24) is 0 Å². The monoisotopic (exact) mass is 401 g/mol. The second-order valence-corrected chi connectivity index (χ2v) is 9.90. The Morgan fingerprint density at radius 1 is 0.484 bits per heavy atom. The summed E-state index contributed by atoms with van der Waals surface area (Å²) in [5.41, 5.74) is 12.1. The lowest BCUT2D eigenvalue weighted by molar-refractivity contribution is 0.627. The van der Waals surface area contributed by atoms with Gasteiger partial charge in [-0.15, -0.1) is 0 Å². The first kappa shape index (κ1) is 18.4. The van der Waals surface area contributed by atoms with E-state index >= 15 is 0 Å². The molecule has 31 heavy (non-hydrogen) atoms. The van der Waals surface area contributed by atoms with E-state index in [0.29, 0.717) is 0 Å². The van der Waals surface area contributed by atoms with E-state index in [9.17, 15) is 0 Å². The van der Waals surface area contributed by atoms with E-state index in [1.165, 1.54) is 50.4 Å². The lowest BCUT2D eigenvalue weighted by Crippen LogP contribution is -2.31. The van der Waals surface area contributed by atoms with Crippen LogP contribution in [0.4, 0.5) is 17.1 Å². The third kappa shape index (κ3) is 2.38. The maximum atomic E-state index is 2.48. The Balaban J connectivity index is 1.70. The predicted octanol–water partition coefficient (Wildman–Crippen LogP) is 8.10. The van der Waals surface area contributed by atoms with E-state index in [1.54, 1.807) is 0 Å². The molecule has 0 fully saturated rings. The molecule has 0 radical (unpaired) electrons. The highest BCUT2D eigenvalue weighted by Crippen LogP contribution is 2.57. The molecule has 0 saturated carbocycles. The molecule has 4 aromatic rings. The molecular formula is C30H27N. The highest BCUT2D eigenvalue weighted by atomic mass is 15.2. The van der Waals surface area contributed by atoms with Gasteiger partial charge < -0.3 is 4.90 Å². The number of fused-ring (bicyclic) bond motifs is 5. The largest absolute Gasteiger partial charge is 0.310 e.